The van der Waals surface area contributed by atoms with Crippen LogP contribution in [0.15, 0.2) is 24.3 Å². The number of carboxylic acids is 1. The second kappa shape index (κ2) is 6.38. The highest BCUT2D eigenvalue weighted by Gasteiger charge is 2.28. The van der Waals surface area contributed by atoms with Gasteiger partial charge < -0.3 is 14.7 Å². The van der Waals surface area contributed by atoms with Gasteiger partial charge in [0.05, 0.1) is 5.92 Å². The van der Waals surface area contributed by atoms with E-state index in [0.717, 1.165) is 6.42 Å². The fourth-order valence-electron chi connectivity index (χ4n) is 2.56. The van der Waals surface area contributed by atoms with E-state index in [1.807, 2.05) is 20.8 Å². The van der Waals surface area contributed by atoms with E-state index in [1.54, 1.807) is 29.2 Å². The molecule has 0 unspecified atom stereocenters. The second-order valence-corrected chi connectivity index (χ2v) is 6.67. The molecular weight excluding hydrogens is 282 g/mol. The second-order valence-electron chi connectivity index (χ2n) is 6.67. The van der Waals surface area contributed by atoms with E-state index >= 15 is 0 Å². The average Bonchev–Trinajstić information content (AvgIpc) is 2.46. The number of nitrogens with zero attached hydrogens (tertiary/aromatic N) is 1. The molecule has 0 saturated carbocycles. The first-order chi connectivity index (χ1) is 10.3. The van der Waals surface area contributed by atoms with Gasteiger partial charge in [-0.1, -0.05) is 0 Å². The van der Waals surface area contributed by atoms with Crippen molar-refractivity contribution < 1.29 is 19.4 Å². The van der Waals surface area contributed by atoms with Crippen molar-refractivity contribution >= 4 is 11.9 Å². The van der Waals surface area contributed by atoms with Gasteiger partial charge >= 0.3 is 5.97 Å². The Balaban J connectivity index is 2.05. The van der Waals surface area contributed by atoms with Gasteiger partial charge in [-0.15, -0.1) is 0 Å². The highest BCUT2D eigenvalue weighted by atomic mass is 16.5. The van der Waals surface area contributed by atoms with Crippen LogP contribution < -0.4 is 4.74 Å². The van der Waals surface area contributed by atoms with Crippen LogP contribution in [0.5, 0.6) is 5.75 Å². The Kier molecular flexibility index (Phi) is 4.74. The first-order valence-corrected chi connectivity index (χ1v) is 7.57. The van der Waals surface area contributed by atoms with Crippen molar-refractivity contribution in [1.29, 1.82) is 0 Å². The van der Waals surface area contributed by atoms with Crippen LogP contribution in [0.3, 0.4) is 0 Å². The van der Waals surface area contributed by atoms with Crippen LogP contribution in [0.4, 0.5) is 0 Å². The number of hydrogen-bond acceptors (Lipinski definition) is 3. The number of benzene rings is 1. The van der Waals surface area contributed by atoms with Gasteiger partial charge in [-0.05, 0) is 57.9 Å². The topological polar surface area (TPSA) is 66.8 Å². The molecule has 1 saturated heterocycles. The minimum atomic E-state index is -0.827. The summed E-state index contributed by atoms with van der Waals surface area (Å²) in [6.45, 7) is 6.79. The third-order valence-electron chi connectivity index (χ3n) is 3.58. The fourth-order valence-corrected chi connectivity index (χ4v) is 2.56. The molecule has 120 valence electrons. The summed E-state index contributed by atoms with van der Waals surface area (Å²) in [6.07, 6.45) is 1.37. The molecule has 0 aromatic heterocycles. The molecule has 1 aromatic rings. The zero-order valence-corrected chi connectivity index (χ0v) is 13.3. The lowest BCUT2D eigenvalue weighted by Gasteiger charge is -2.30. The van der Waals surface area contributed by atoms with Crippen LogP contribution in [-0.2, 0) is 4.79 Å². The highest BCUT2D eigenvalue weighted by Crippen LogP contribution is 2.22. The maximum absolute atomic E-state index is 12.5. The summed E-state index contributed by atoms with van der Waals surface area (Å²) >= 11 is 0. The minimum absolute atomic E-state index is 0.117. The summed E-state index contributed by atoms with van der Waals surface area (Å²) in [4.78, 5) is 25.2. The Morgan fingerprint density at radius 1 is 1.23 bits per heavy atom. The number of rotatable bonds is 3. The maximum Gasteiger partial charge on any atom is 0.308 e. The van der Waals surface area contributed by atoms with Gasteiger partial charge in [-0.2, -0.15) is 0 Å². The van der Waals surface area contributed by atoms with Crippen LogP contribution >= 0.6 is 0 Å². The molecule has 22 heavy (non-hydrogen) atoms. The SMILES string of the molecule is CC(C)(C)Oc1ccc(C(=O)N2CCC[C@H](C(=O)O)C2)cc1. The fraction of sp³-hybridized carbons (Fsp3) is 0.529. The molecule has 1 N–H and O–H groups in total. The number of likely N-dealkylation sites (tertiary alicyclic amines) is 1. The van der Waals surface area contributed by atoms with E-state index < -0.39 is 11.9 Å². The molecule has 1 amide bonds. The monoisotopic (exact) mass is 305 g/mol. The molecule has 5 nitrogen and oxygen atoms in total. The summed E-state index contributed by atoms with van der Waals surface area (Å²) in [6, 6.07) is 7.01. The summed E-state index contributed by atoms with van der Waals surface area (Å²) < 4.78 is 5.73. The van der Waals surface area contributed by atoms with E-state index in [0.29, 0.717) is 24.3 Å². The maximum atomic E-state index is 12.5. The molecule has 2 rings (SSSR count). The van der Waals surface area contributed by atoms with E-state index in [9.17, 15) is 9.59 Å². The Morgan fingerprint density at radius 2 is 1.86 bits per heavy atom. The molecule has 1 fully saturated rings. The number of hydrogen-bond donors (Lipinski definition) is 1. The van der Waals surface area contributed by atoms with Crippen LogP contribution in [-0.4, -0.2) is 40.6 Å². The first-order valence-electron chi connectivity index (χ1n) is 7.57. The lowest BCUT2D eigenvalue weighted by atomic mass is 9.97. The highest BCUT2D eigenvalue weighted by molar-refractivity contribution is 5.94. The van der Waals surface area contributed by atoms with Crippen LogP contribution in [0.25, 0.3) is 0 Å². The van der Waals surface area contributed by atoms with Crippen LogP contribution in [0.2, 0.25) is 0 Å². The van der Waals surface area contributed by atoms with Crippen molar-refractivity contribution in [3.63, 3.8) is 0 Å². The van der Waals surface area contributed by atoms with Crippen LogP contribution in [0, 0.1) is 5.92 Å². The summed E-state index contributed by atoms with van der Waals surface area (Å²) in [5, 5.41) is 9.10. The van der Waals surface area contributed by atoms with Gasteiger partial charge in [-0.25, -0.2) is 0 Å². The number of ether oxygens (including phenoxy) is 1. The normalized spacial score (nSPS) is 18.9. The van der Waals surface area contributed by atoms with Gasteiger partial charge in [0.25, 0.3) is 5.91 Å². The minimum Gasteiger partial charge on any atom is -0.488 e. The lowest BCUT2D eigenvalue weighted by Crippen LogP contribution is -2.42. The number of amides is 1. The Bertz CT molecular complexity index is 545. The first kappa shape index (κ1) is 16.3. The zero-order valence-electron chi connectivity index (χ0n) is 13.3. The van der Waals surface area contributed by atoms with E-state index in [-0.39, 0.29) is 18.1 Å². The lowest BCUT2D eigenvalue weighted by molar-refractivity contribution is -0.143. The molecule has 0 aliphatic carbocycles. The van der Waals surface area contributed by atoms with Crippen molar-refractivity contribution in [3.05, 3.63) is 29.8 Å². The standard InChI is InChI=1S/C17H23NO4/c1-17(2,3)22-14-8-6-12(7-9-14)15(19)18-10-4-5-13(11-18)16(20)21/h6-9,13H,4-5,10-11H2,1-3H3,(H,20,21)/t13-/m0/s1. The summed E-state index contributed by atoms with van der Waals surface area (Å²) in [5.74, 6) is -0.688. The third-order valence-corrected chi connectivity index (χ3v) is 3.58. The number of carboxylic acid groups (broad SMARTS) is 1. The van der Waals surface area contributed by atoms with E-state index in [2.05, 4.69) is 0 Å². The summed E-state index contributed by atoms with van der Waals surface area (Å²) in [7, 11) is 0. The predicted octanol–water partition coefficient (Wildman–Crippen LogP) is 2.80. The average molecular weight is 305 g/mol. The number of piperidine rings is 1. The third kappa shape index (κ3) is 4.23. The van der Waals surface area contributed by atoms with Crippen LogP contribution in [0.1, 0.15) is 44.0 Å². The molecule has 5 heteroatoms. The van der Waals surface area contributed by atoms with Gasteiger partial charge in [0.15, 0.2) is 0 Å². The quantitative estimate of drug-likeness (QED) is 0.932. The van der Waals surface area contributed by atoms with Crippen molar-refractivity contribution in [2.45, 2.75) is 39.2 Å². The number of aliphatic carboxylic acids is 1. The van der Waals surface area contributed by atoms with Crippen molar-refractivity contribution in [2.24, 2.45) is 5.92 Å². The predicted molar refractivity (Wildman–Crippen MR) is 83.1 cm³/mol. The molecule has 0 bridgehead atoms. The van der Waals surface area contributed by atoms with E-state index in [4.69, 9.17) is 9.84 Å². The molecule has 1 aliphatic rings. The molecule has 1 aliphatic heterocycles. The van der Waals surface area contributed by atoms with Gasteiger partial charge in [-0.3, -0.25) is 9.59 Å². The molecule has 0 spiro atoms. The smallest absolute Gasteiger partial charge is 0.308 e. The number of carbonyl (C=O) groups is 2. The van der Waals surface area contributed by atoms with Crippen molar-refractivity contribution in [3.8, 4) is 5.75 Å². The molecule has 0 radical (unpaired) electrons. The summed E-state index contributed by atoms with van der Waals surface area (Å²) in [5.41, 5.74) is 0.278. The van der Waals surface area contributed by atoms with Crippen molar-refractivity contribution in [1.82, 2.24) is 4.90 Å². The Hall–Kier alpha value is -2.04. The number of carbonyl (C=O) groups excluding carboxylic acids is 1. The van der Waals surface area contributed by atoms with Crippen molar-refractivity contribution in [2.75, 3.05) is 13.1 Å². The Labute approximate surface area is 130 Å². The molecule has 1 heterocycles. The van der Waals surface area contributed by atoms with Gasteiger partial charge in [0.1, 0.15) is 11.4 Å². The Morgan fingerprint density at radius 3 is 2.41 bits per heavy atom. The van der Waals surface area contributed by atoms with Gasteiger partial charge in [0, 0.05) is 18.7 Å². The largest absolute Gasteiger partial charge is 0.488 e. The van der Waals surface area contributed by atoms with Gasteiger partial charge in [0.2, 0.25) is 0 Å². The molecular formula is C17H23NO4. The molecule has 1 aromatic carbocycles. The van der Waals surface area contributed by atoms with E-state index in [1.165, 1.54) is 0 Å². The molecule has 1 atom stereocenters. The zero-order chi connectivity index (χ0) is 16.3.